The second kappa shape index (κ2) is 7.50. The van der Waals surface area contributed by atoms with Crippen molar-refractivity contribution < 1.29 is 21.6 Å². The number of piperazine rings is 1. The van der Waals surface area contributed by atoms with Crippen LogP contribution in [0.25, 0.3) is 0 Å². The van der Waals surface area contributed by atoms with Gasteiger partial charge in [0.1, 0.15) is 0 Å². The Kier molecular flexibility index (Phi) is 6.18. The average molecular weight is 396 g/mol. The summed E-state index contributed by atoms with van der Waals surface area (Å²) in [4.78, 5) is 14.5. The molecule has 0 aromatic rings. The Morgan fingerprint density at radius 2 is 1.72 bits per heavy atom. The zero-order chi connectivity index (χ0) is 18.9. The minimum absolute atomic E-state index is 0.0134. The van der Waals surface area contributed by atoms with Crippen molar-refractivity contribution in [3.05, 3.63) is 0 Å². The van der Waals surface area contributed by atoms with Crippen molar-refractivity contribution in [2.75, 3.05) is 44.2 Å². The van der Waals surface area contributed by atoms with Gasteiger partial charge in [0.2, 0.25) is 15.9 Å². The molecule has 2 saturated heterocycles. The number of hydrogen-bond acceptors (Lipinski definition) is 6. The van der Waals surface area contributed by atoms with Gasteiger partial charge in [-0.15, -0.1) is 0 Å². The Hall–Kier alpha value is -0.710. The summed E-state index contributed by atoms with van der Waals surface area (Å²) >= 11 is 0. The Morgan fingerprint density at radius 3 is 2.12 bits per heavy atom. The van der Waals surface area contributed by atoms with E-state index in [1.165, 1.54) is 4.31 Å². The average Bonchev–Trinajstić information content (AvgIpc) is 2.97. The molecule has 0 saturated carbocycles. The van der Waals surface area contributed by atoms with Gasteiger partial charge in [0.05, 0.1) is 22.2 Å². The van der Waals surface area contributed by atoms with Crippen molar-refractivity contribution in [3.8, 4) is 0 Å². The maximum Gasteiger partial charge on any atom is 0.230 e. The number of rotatable bonds is 6. The van der Waals surface area contributed by atoms with Crippen LogP contribution in [-0.4, -0.2) is 81.4 Å². The standard InChI is InChI=1S/C15H29N3O5S2/c1-3-15(4-2,12-16)14(19)17-6-8-18(9-7-17)25(22,23)13-5-10-24(20,21)11-13/h13H,3-12,16H2,1-2H3. The lowest BCUT2D eigenvalue weighted by Crippen LogP contribution is -2.56. The van der Waals surface area contributed by atoms with Crippen LogP contribution in [0.3, 0.4) is 0 Å². The fourth-order valence-corrected chi connectivity index (χ4v) is 8.13. The number of sulfonamides is 1. The van der Waals surface area contributed by atoms with Crippen molar-refractivity contribution >= 4 is 25.8 Å². The summed E-state index contributed by atoms with van der Waals surface area (Å²) in [7, 11) is -6.90. The minimum atomic E-state index is -3.64. The van der Waals surface area contributed by atoms with Crippen molar-refractivity contribution in [1.29, 1.82) is 0 Å². The number of hydrogen-bond donors (Lipinski definition) is 1. The third-order valence-corrected chi connectivity index (χ3v) is 10.0. The SMILES string of the molecule is CCC(CC)(CN)C(=O)N1CCN(S(=O)(=O)C2CCS(=O)(=O)C2)CC1. The van der Waals surface area contributed by atoms with Crippen molar-refractivity contribution in [2.24, 2.45) is 11.1 Å². The molecule has 1 atom stereocenters. The van der Waals surface area contributed by atoms with Crippen LogP contribution in [0, 0.1) is 5.41 Å². The number of carbonyl (C=O) groups is 1. The van der Waals surface area contributed by atoms with Crippen LogP contribution in [0.2, 0.25) is 0 Å². The third kappa shape index (κ3) is 4.01. The second-order valence-electron chi connectivity index (χ2n) is 6.95. The third-order valence-electron chi connectivity index (χ3n) is 5.70. The highest BCUT2D eigenvalue weighted by atomic mass is 32.2. The number of sulfone groups is 1. The van der Waals surface area contributed by atoms with E-state index in [9.17, 15) is 21.6 Å². The molecule has 2 aliphatic rings. The van der Waals surface area contributed by atoms with Crippen LogP contribution in [0.15, 0.2) is 0 Å². The number of carbonyl (C=O) groups excluding carboxylic acids is 1. The quantitative estimate of drug-likeness (QED) is 0.642. The Labute approximate surface area is 150 Å². The van der Waals surface area contributed by atoms with E-state index in [1.54, 1.807) is 4.90 Å². The normalized spacial score (nSPS) is 25.2. The first-order valence-corrected chi connectivity index (χ1v) is 12.1. The summed E-state index contributed by atoms with van der Waals surface area (Å²) < 4.78 is 49.8. The van der Waals surface area contributed by atoms with Gasteiger partial charge in [-0.05, 0) is 19.3 Å². The van der Waals surface area contributed by atoms with Gasteiger partial charge >= 0.3 is 0 Å². The van der Waals surface area contributed by atoms with E-state index in [4.69, 9.17) is 5.73 Å². The number of amides is 1. The van der Waals surface area contributed by atoms with Gasteiger partial charge in [-0.2, -0.15) is 4.31 Å². The number of nitrogens with two attached hydrogens (primary N) is 1. The van der Waals surface area contributed by atoms with Gasteiger partial charge in [-0.3, -0.25) is 4.79 Å². The lowest BCUT2D eigenvalue weighted by molar-refractivity contribution is -0.143. The molecule has 0 aromatic carbocycles. The van der Waals surface area contributed by atoms with E-state index in [0.29, 0.717) is 25.9 Å². The van der Waals surface area contributed by atoms with Crippen molar-refractivity contribution in [2.45, 2.75) is 38.4 Å². The molecule has 1 amide bonds. The van der Waals surface area contributed by atoms with Crippen LogP contribution in [-0.2, 0) is 24.7 Å². The van der Waals surface area contributed by atoms with Crippen LogP contribution >= 0.6 is 0 Å². The molecule has 0 aromatic heterocycles. The Bertz CT molecular complexity index is 684. The second-order valence-corrected chi connectivity index (χ2v) is 11.4. The lowest BCUT2D eigenvalue weighted by Gasteiger charge is -2.40. The summed E-state index contributed by atoms with van der Waals surface area (Å²) in [5, 5.41) is -0.853. The summed E-state index contributed by atoms with van der Waals surface area (Å²) in [6, 6.07) is 0. The predicted octanol–water partition coefficient (Wildman–Crippen LogP) is -0.587. The highest BCUT2D eigenvalue weighted by Crippen LogP contribution is 2.29. The minimum Gasteiger partial charge on any atom is -0.340 e. The summed E-state index contributed by atoms with van der Waals surface area (Å²) in [6.07, 6.45) is 1.46. The maximum absolute atomic E-state index is 12.8. The zero-order valence-corrected chi connectivity index (χ0v) is 16.6. The van der Waals surface area contributed by atoms with Crippen molar-refractivity contribution in [1.82, 2.24) is 9.21 Å². The molecule has 2 rings (SSSR count). The molecule has 2 aliphatic heterocycles. The van der Waals surface area contributed by atoms with Gasteiger partial charge in [0.15, 0.2) is 9.84 Å². The van der Waals surface area contributed by atoms with Crippen LogP contribution in [0.5, 0.6) is 0 Å². The summed E-state index contributed by atoms with van der Waals surface area (Å²) in [5.41, 5.74) is 5.25. The molecule has 0 spiro atoms. The fraction of sp³-hybridized carbons (Fsp3) is 0.933. The van der Waals surface area contributed by atoms with Crippen LogP contribution in [0.4, 0.5) is 0 Å². The van der Waals surface area contributed by atoms with Gasteiger partial charge in [-0.25, -0.2) is 16.8 Å². The number of nitrogens with zero attached hydrogens (tertiary/aromatic N) is 2. The smallest absolute Gasteiger partial charge is 0.230 e. The van der Waals surface area contributed by atoms with Gasteiger partial charge in [0.25, 0.3) is 0 Å². The molecule has 10 heteroatoms. The van der Waals surface area contributed by atoms with E-state index in [1.807, 2.05) is 13.8 Å². The van der Waals surface area contributed by atoms with Crippen LogP contribution in [0.1, 0.15) is 33.1 Å². The summed E-state index contributed by atoms with van der Waals surface area (Å²) in [5.74, 6) is -0.377. The molecule has 146 valence electrons. The Morgan fingerprint density at radius 1 is 1.16 bits per heavy atom. The fourth-order valence-electron chi connectivity index (χ4n) is 3.62. The van der Waals surface area contributed by atoms with Gasteiger partial charge in [-0.1, -0.05) is 13.8 Å². The molecular formula is C15H29N3O5S2. The monoisotopic (exact) mass is 395 g/mol. The first-order chi connectivity index (χ1) is 11.6. The maximum atomic E-state index is 12.8. The molecule has 0 aliphatic carbocycles. The van der Waals surface area contributed by atoms with Gasteiger partial charge < -0.3 is 10.6 Å². The largest absolute Gasteiger partial charge is 0.340 e. The molecule has 2 heterocycles. The predicted molar refractivity (Wildman–Crippen MR) is 96.2 cm³/mol. The van der Waals surface area contributed by atoms with Crippen LogP contribution < -0.4 is 5.73 Å². The Balaban J connectivity index is 2.03. The molecule has 8 nitrogen and oxygen atoms in total. The molecule has 2 N–H and O–H groups in total. The van der Waals surface area contributed by atoms with Gasteiger partial charge in [0, 0.05) is 32.7 Å². The molecular weight excluding hydrogens is 366 g/mol. The zero-order valence-electron chi connectivity index (χ0n) is 15.0. The van der Waals surface area contributed by atoms with E-state index in [2.05, 4.69) is 0 Å². The topological polar surface area (TPSA) is 118 Å². The molecule has 25 heavy (non-hydrogen) atoms. The van der Waals surface area contributed by atoms with E-state index in [-0.39, 0.29) is 43.5 Å². The highest BCUT2D eigenvalue weighted by molar-refractivity contribution is 7.95. The first-order valence-electron chi connectivity index (χ1n) is 8.80. The van der Waals surface area contributed by atoms with Crippen molar-refractivity contribution in [3.63, 3.8) is 0 Å². The molecule has 1 unspecified atom stereocenters. The molecule has 2 fully saturated rings. The van der Waals surface area contributed by atoms with E-state index < -0.39 is 30.5 Å². The molecule has 0 radical (unpaired) electrons. The lowest BCUT2D eigenvalue weighted by atomic mass is 9.81. The first kappa shape index (κ1) is 20.6. The van der Waals surface area contributed by atoms with E-state index in [0.717, 1.165) is 0 Å². The summed E-state index contributed by atoms with van der Waals surface area (Å²) in [6.45, 7) is 5.21. The van der Waals surface area contributed by atoms with E-state index >= 15 is 0 Å². The highest BCUT2D eigenvalue weighted by Gasteiger charge is 2.43. The molecule has 0 bridgehead atoms.